The predicted molar refractivity (Wildman–Crippen MR) is 73.8 cm³/mol. The summed E-state index contributed by atoms with van der Waals surface area (Å²) in [7, 11) is 0. The van der Waals surface area contributed by atoms with E-state index in [2.05, 4.69) is 62.9 Å². The van der Waals surface area contributed by atoms with Gasteiger partial charge < -0.3 is 0 Å². The van der Waals surface area contributed by atoms with Crippen molar-refractivity contribution in [1.29, 1.82) is 0 Å². The van der Waals surface area contributed by atoms with E-state index in [9.17, 15) is 0 Å². The Kier molecular flexibility index (Phi) is 4.78. The van der Waals surface area contributed by atoms with E-state index >= 15 is 0 Å². The van der Waals surface area contributed by atoms with Gasteiger partial charge in [0.2, 0.25) is 0 Å². The van der Waals surface area contributed by atoms with Crippen molar-refractivity contribution in [1.82, 2.24) is 0 Å². The zero-order valence-electron chi connectivity index (χ0n) is 10.5. The minimum atomic E-state index is 1.11. The number of fused-ring (bicyclic) bond motifs is 1. The van der Waals surface area contributed by atoms with E-state index in [0.29, 0.717) is 0 Å². The first-order valence-electron chi connectivity index (χ1n) is 5.74. The number of benzene rings is 2. The molecule has 0 amide bonds. The second-order valence-corrected chi connectivity index (χ2v) is 4.11. The van der Waals surface area contributed by atoms with E-state index in [1.54, 1.807) is 0 Å². The predicted octanol–water partition coefficient (Wildman–Crippen LogP) is 5.12. The van der Waals surface area contributed by atoms with E-state index in [1.165, 1.54) is 21.9 Å². The van der Waals surface area contributed by atoms with E-state index in [-0.39, 0.29) is 0 Å². The van der Waals surface area contributed by atoms with E-state index in [0.717, 1.165) is 6.42 Å². The van der Waals surface area contributed by atoms with Crippen molar-refractivity contribution < 1.29 is 0 Å². The van der Waals surface area contributed by atoms with Crippen LogP contribution in [-0.4, -0.2) is 0 Å². The van der Waals surface area contributed by atoms with Gasteiger partial charge in [-0.2, -0.15) is 0 Å². The van der Waals surface area contributed by atoms with Gasteiger partial charge in [0, 0.05) is 0 Å². The normalized spacial score (nSPS) is 9.44. The molecule has 0 saturated heterocycles. The van der Waals surface area contributed by atoms with E-state index < -0.39 is 0 Å². The minimum absolute atomic E-state index is 1.11. The SMILES string of the molecule is C=C(C)CC.Cc1cccc2ccccc12. The summed E-state index contributed by atoms with van der Waals surface area (Å²) in [6, 6.07) is 14.8. The van der Waals surface area contributed by atoms with Gasteiger partial charge in [0.15, 0.2) is 0 Å². The van der Waals surface area contributed by atoms with Gasteiger partial charge >= 0.3 is 0 Å². The number of hydrogen-bond acceptors (Lipinski definition) is 0. The van der Waals surface area contributed by atoms with Gasteiger partial charge in [-0.1, -0.05) is 55.0 Å². The van der Waals surface area contributed by atoms with Crippen molar-refractivity contribution in [2.24, 2.45) is 0 Å². The molecule has 0 N–H and O–H groups in total. The molecule has 0 bridgehead atoms. The number of aryl methyl sites for hydroxylation is 1. The molecule has 0 fully saturated rings. The van der Waals surface area contributed by atoms with E-state index in [1.807, 2.05) is 6.92 Å². The van der Waals surface area contributed by atoms with Crippen LogP contribution in [0, 0.1) is 6.92 Å². The van der Waals surface area contributed by atoms with Gasteiger partial charge in [0.1, 0.15) is 0 Å². The molecule has 0 unspecified atom stereocenters. The number of allylic oxidation sites excluding steroid dienone is 1. The van der Waals surface area contributed by atoms with E-state index in [4.69, 9.17) is 0 Å². The molecular weight excluding hydrogens is 192 g/mol. The molecular formula is C16H20. The number of hydrogen-bond donors (Lipinski definition) is 0. The Hall–Kier alpha value is -1.56. The highest BCUT2D eigenvalue weighted by molar-refractivity contribution is 5.85. The monoisotopic (exact) mass is 212 g/mol. The van der Waals surface area contributed by atoms with Crippen molar-refractivity contribution >= 4 is 10.8 Å². The van der Waals surface area contributed by atoms with Crippen LogP contribution < -0.4 is 0 Å². The average Bonchev–Trinajstić information content (AvgIpc) is 2.30. The summed E-state index contributed by atoms with van der Waals surface area (Å²) < 4.78 is 0. The lowest BCUT2D eigenvalue weighted by Gasteiger charge is -1.98. The Morgan fingerprint density at radius 1 is 1.06 bits per heavy atom. The van der Waals surface area contributed by atoms with Gasteiger partial charge in [-0.3, -0.25) is 0 Å². The largest absolute Gasteiger partial charge is 0.100 e. The lowest BCUT2D eigenvalue weighted by molar-refractivity contribution is 1.11. The van der Waals surface area contributed by atoms with Crippen molar-refractivity contribution in [2.45, 2.75) is 27.2 Å². The molecule has 0 heterocycles. The summed E-state index contributed by atoms with van der Waals surface area (Å²) in [5.41, 5.74) is 2.60. The fraction of sp³-hybridized carbons (Fsp3) is 0.250. The maximum absolute atomic E-state index is 3.67. The Labute approximate surface area is 98.6 Å². The molecule has 2 aromatic carbocycles. The van der Waals surface area contributed by atoms with Crippen LogP contribution in [0.25, 0.3) is 10.8 Å². The molecule has 0 nitrogen and oxygen atoms in total. The third kappa shape index (κ3) is 3.54. The van der Waals surface area contributed by atoms with Crippen molar-refractivity contribution in [3.63, 3.8) is 0 Å². The third-order valence-corrected chi connectivity index (χ3v) is 2.61. The first kappa shape index (κ1) is 12.5. The summed E-state index contributed by atoms with van der Waals surface area (Å²) in [5, 5.41) is 2.68. The van der Waals surface area contributed by atoms with Crippen LogP contribution in [-0.2, 0) is 0 Å². The molecule has 2 rings (SSSR count). The van der Waals surface area contributed by atoms with Crippen LogP contribution >= 0.6 is 0 Å². The minimum Gasteiger partial charge on any atom is -0.100 e. The highest BCUT2D eigenvalue weighted by atomic mass is 14.0. The summed E-state index contributed by atoms with van der Waals surface area (Å²) in [5.74, 6) is 0. The Balaban J connectivity index is 0.000000221. The van der Waals surface area contributed by atoms with Gasteiger partial charge in [0.25, 0.3) is 0 Å². The van der Waals surface area contributed by atoms with Gasteiger partial charge in [-0.15, -0.1) is 6.58 Å². The molecule has 0 aliphatic rings. The Morgan fingerprint density at radius 3 is 2.19 bits per heavy atom. The molecule has 0 spiro atoms. The second-order valence-electron chi connectivity index (χ2n) is 4.11. The molecule has 0 aromatic heterocycles. The maximum atomic E-state index is 3.67. The molecule has 0 atom stereocenters. The first-order valence-corrected chi connectivity index (χ1v) is 5.74. The summed E-state index contributed by atoms with van der Waals surface area (Å²) in [6.07, 6.45) is 1.11. The zero-order valence-corrected chi connectivity index (χ0v) is 10.5. The lowest BCUT2D eigenvalue weighted by Crippen LogP contribution is -1.75. The average molecular weight is 212 g/mol. The topological polar surface area (TPSA) is 0 Å². The summed E-state index contributed by atoms with van der Waals surface area (Å²) in [4.78, 5) is 0. The highest BCUT2D eigenvalue weighted by Gasteiger charge is 1.92. The lowest BCUT2D eigenvalue weighted by atomic mass is 10.1. The quantitative estimate of drug-likeness (QED) is 0.575. The smallest absolute Gasteiger partial charge is 0.0155 e. The van der Waals surface area contributed by atoms with Crippen LogP contribution in [0.5, 0.6) is 0 Å². The summed E-state index contributed by atoms with van der Waals surface area (Å²) >= 11 is 0. The molecule has 2 aromatic rings. The summed E-state index contributed by atoms with van der Waals surface area (Å²) in [6.45, 7) is 9.94. The first-order chi connectivity index (χ1) is 7.65. The highest BCUT2D eigenvalue weighted by Crippen LogP contribution is 2.16. The van der Waals surface area contributed by atoms with Gasteiger partial charge in [0.05, 0.1) is 0 Å². The Bertz CT molecular complexity index is 461. The van der Waals surface area contributed by atoms with Crippen LogP contribution in [0.15, 0.2) is 54.6 Å². The Morgan fingerprint density at radius 2 is 1.62 bits per heavy atom. The van der Waals surface area contributed by atoms with Crippen molar-refractivity contribution in [3.8, 4) is 0 Å². The van der Waals surface area contributed by atoms with Crippen LogP contribution in [0.2, 0.25) is 0 Å². The van der Waals surface area contributed by atoms with Crippen molar-refractivity contribution in [3.05, 3.63) is 60.2 Å². The number of rotatable bonds is 1. The van der Waals surface area contributed by atoms with Crippen LogP contribution in [0.3, 0.4) is 0 Å². The fourth-order valence-corrected chi connectivity index (χ4v) is 1.39. The second kappa shape index (κ2) is 6.12. The standard InChI is InChI=1S/C11H10.C5H10/c1-9-5-4-7-10-6-2-3-8-11(9)10;1-4-5(2)3/h2-8H,1H3;2,4H2,1,3H3. The molecule has 0 radical (unpaired) electrons. The molecule has 0 saturated carbocycles. The zero-order chi connectivity index (χ0) is 12.0. The van der Waals surface area contributed by atoms with Gasteiger partial charge in [-0.25, -0.2) is 0 Å². The van der Waals surface area contributed by atoms with Crippen molar-refractivity contribution in [2.75, 3.05) is 0 Å². The molecule has 0 aliphatic heterocycles. The molecule has 0 heteroatoms. The molecule has 84 valence electrons. The molecule has 0 aliphatic carbocycles. The van der Waals surface area contributed by atoms with Crippen LogP contribution in [0.1, 0.15) is 25.8 Å². The fourth-order valence-electron chi connectivity index (χ4n) is 1.39. The molecule has 16 heavy (non-hydrogen) atoms. The van der Waals surface area contributed by atoms with Gasteiger partial charge in [-0.05, 0) is 36.6 Å². The van der Waals surface area contributed by atoms with Crippen LogP contribution in [0.4, 0.5) is 0 Å². The maximum Gasteiger partial charge on any atom is -0.0155 e. The third-order valence-electron chi connectivity index (χ3n) is 2.61.